The number of likely N-dealkylation sites (N-methyl/N-ethyl adjacent to an activating group) is 1. The van der Waals surface area contributed by atoms with Crippen LogP contribution in [0.4, 0.5) is 17.5 Å². The number of piperazine rings is 1. The number of nitrogens with one attached hydrogen (secondary N) is 1. The Morgan fingerprint density at radius 3 is 2.27 bits per heavy atom. The number of rotatable bonds is 5. The van der Waals surface area contributed by atoms with E-state index >= 15 is 0 Å². The van der Waals surface area contributed by atoms with Crippen molar-refractivity contribution in [3.63, 3.8) is 0 Å². The number of fused-ring (bicyclic) bond motifs is 1. The quantitative estimate of drug-likeness (QED) is 0.431. The zero-order valence-electron chi connectivity index (χ0n) is 18.3. The minimum atomic E-state index is 0.207. The van der Waals surface area contributed by atoms with Crippen molar-refractivity contribution in [2.45, 2.75) is 6.54 Å². The van der Waals surface area contributed by atoms with Crippen LogP contribution in [0.3, 0.4) is 0 Å². The second-order valence-electron chi connectivity index (χ2n) is 8.21. The van der Waals surface area contributed by atoms with Gasteiger partial charge in [-0.1, -0.05) is 29.3 Å². The molecule has 7 nitrogen and oxygen atoms in total. The van der Waals surface area contributed by atoms with Crippen LogP contribution in [0, 0.1) is 0 Å². The molecular weight excluding hydrogens is 457 g/mol. The van der Waals surface area contributed by atoms with Crippen LogP contribution < -0.4 is 16.0 Å². The summed E-state index contributed by atoms with van der Waals surface area (Å²) >= 11 is 12.7. The van der Waals surface area contributed by atoms with Gasteiger partial charge in [0.15, 0.2) is 5.82 Å². The number of anilines is 3. The first kappa shape index (κ1) is 21.8. The number of halogens is 2. The summed E-state index contributed by atoms with van der Waals surface area (Å²) in [6.45, 7) is 4.64. The third-order valence-electron chi connectivity index (χ3n) is 6.04. The molecule has 0 unspecified atom stereocenters. The zero-order chi connectivity index (χ0) is 22.9. The van der Waals surface area contributed by atoms with Crippen LogP contribution in [0.2, 0.25) is 10.0 Å². The summed E-state index contributed by atoms with van der Waals surface area (Å²) in [5.41, 5.74) is 10.7. The molecule has 0 saturated carbocycles. The van der Waals surface area contributed by atoms with Crippen molar-refractivity contribution in [1.29, 1.82) is 0 Å². The fourth-order valence-corrected chi connectivity index (χ4v) is 4.70. The zero-order valence-corrected chi connectivity index (χ0v) is 19.8. The molecule has 9 heteroatoms. The second-order valence-corrected chi connectivity index (χ2v) is 9.02. The van der Waals surface area contributed by atoms with Gasteiger partial charge in [-0.25, -0.2) is 4.98 Å². The van der Waals surface area contributed by atoms with Crippen molar-refractivity contribution in [3.8, 4) is 5.69 Å². The molecule has 1 aliphatic heterocycles. The van der Waals surface area contributed by atoms with Gasteiger partial charge in [-0.3, -0.25) is 0 Å². The molecule has 1 saturated heterocycles. The Bertz CT molecular complexity index is 1260. The molecule has 0 bridgehead atoms. The lowest BCUT2D eigenvalue weighted by Gasteiger charge is -2.34. The molecule has 4 aromatic rings. The summed E-state index contributed by atoms with van der Waals surface area (Å²) in [6.07, 6.45) is 1.98. The Hall–Kier alpha value is -3.00. The van der Waals surface area contributed by atoms with Gasteiger partial charge in [-0.05, 0) is 49.5 Å². The Kier molecular flexibility index (Phi) is 6.01. The summed E-state index contributed by atoms with van der Waals surface area (Å²) in [6, 6.07) is 16.0. The number of benzene rings is 2. The minimum absolute atomic E-state index is 0.207. The third-order valence-corrected chi connectivity index (χ3v) is 6.75. The van der Waals surface area contributed by atoms with E-state index in [9.17, 15) is 0 Å². The lowest BCUT2D eigenvalue weighted by atomic mass is 10.2. The molecule has 2 aromatic heterocycles. The summed E-state index contributed by atoms with van der Waals surface area (Å²) < 4.78 is 2.07. The highest BCUT2D eigenvalue weighted by molar-refractivity contribution is 6.36. The number of aromatic nitrogens is 3. The number of hydrogen-bond donors (Lipinski definition) is 2. The average Bonchev–Trinajstić information content (AvgIpc) is 3.23. The summed E-state index contributed by atoms with van der Waals surface area (Å²) in [5, 5.41) is 4.56. The van der Waals surface area contributed by atoms with Crippen molar-refractivity contribution in [3.05, 3.63) is 70.3 Å². The standard InChI is InChI=1S/C24H25Cl2N7/c1-31-11-13-32(14-12-31)16-5-7-17(8-6-16)33-10-9-21-22(33)23(30-24(27)29-21)28-15-18-19(25)3-2-4-20(18)26/h2-10H,11-15H2,1H3,(H3,27,28,29,30). The molecule has 1 fully saturated rings. The van der Waals surface area contributed by atoms with E-state index in [1.54, 1.807) is 0 Å². The molecule has 170 valence electrons. The van der Waals surface area contributed by atoms with E-state index in [-0.39, 0.29) is 5.95 Å². The van der Waals surface area contributed by atoms with E-state index in [1.165, 1.54) is 5.69 Å². The number of nitrogens with two attached hydrogens (primary N) is 1. The lowest BCUT2D eigenvalue weighted by molar-refractivity contribution is 0.313. The smallest absolute Gasteiger partial charge is 0.222 e. The topological polar surface area (TPSA) is 75.2 Å². The molecule has 1 aliphatic rings. The highest BCUT2D eigenvalue weighted by atomic mass is 35.5. The fourth-order valence-electron chi connectivity index (χ4n) is 4.16. The molecule has 0 atom stereocenters. The molecule has 3 heterocycles. The predicted molar refractivity (Wildman–Crippen MR) is 137 cm³/mol. The maximum Gasteiger partial charge on any atom is 0.222 e. The van der Waals surface area contributed by atoms with Gasteiger partial charge < -0.3 is 25.4 Å². The first-order chi connectivity index (χ1) is 16.0. The maximum absolute atomic E-state index is 6.34. The van der Waals surface area contributed by atoms with Crippen molar-refractivity contribution in [2.24, 2.45) is 0 Å². The van der Waals surface area contributed by atoms with Crippen LogP contribution in [0.15, 0.2) is 54.7 Å². The minimum Gasteiger partial charge on any atom is -0.369 e. The van der Waals surface area contributed by atoms with Gasteiger partial charge in [0.1, 0.15) is 5.52 Å². The highest BCUT2D eigenvalue weighted by Crippen LogP contribution is 2.30. The normalized spacial score (nSPS) is 14.7. The first-order valence-corrected chi connectivity index (χ1v) is 11.6. The lowest BCUT2D eigenvalue weighted by Crippen LogP contribution is -2.44. The summed E-state index contributed by atoms with van der Waals surface area (Å²) in [4.78, 5) is 13.7. The van der Waals surface area contributed by atoms with Crippen molar-refractivity contribution < 1.29 is 0 Å². The van der Waals surface area contributed by atoms with Gasteiger partial charge in [0.05, 0.1) is 5.52 Å². The van der Waals surface area contributed by atoms with E-state index in [2.05, 4.69) is 61.0 Å². The summed E-state index contributed by atoms with van der Waals surface area (Å²) in [5.74, 6) is 0.833. The van der Waals surface area contributed by atoms with Gasteiger partial charge in [0, 0.05) is 65.9 Å². The van der Waals surface area contributed by atoms with Crippen LogP contribution in [-0.4, -0.2) is 52.7 Å². The van der Waals surface area contributed by atoms with E-state index < -0.39 is 0 Å². The Balaban J connectivity index is 1.46. The largest absolute Gasteiger partial charge is 0.369 e. The average molecular weight is 482 g/mol. The molecular formula is C24H25Cl2N7. The SMILES string of the molecule is CN1CCN(c2ccc(-n3ccc4nc(N)nc(NCc5c(Cl)cccc5Cl)c43)cc2)CC1. The van der Waals surface area contributed by atoms with Crippen molar-refractivity contribution >= 4 is 51.7 Å². The van der Waals surface area contributed by atoms with Crippen LogP contribution in [0.5, 0.6) is 0 Å². The Morgan fingerprint density at radius 1 is 0.909 bits per heavy atom. The van der Waals surface area contributed by atoms with E-state index in [1.807, 2.05) is 30.5 Å². The monoisotopic (exact) mass is 481 g/mol. The molecule has 0 radical (unpaired) electrons. The van der Waals surface area contributed by atoms with Gasteiger partial charge in [-0.15, -0.1) is 0 Å². The number of nitrogens with zero attached hydrogens (tertiary/aromatic N) is 5. The maximum atomic E-state index is 6.34. The molecule has 0 aliphatic carbocycles. The fraction of sp³-hybridized carbons (Fsp3) is 0.250. The Labute approximate surface area is 202 Å². The second kappa shape index (κ2) is 9.09. The number of nitrogen functional groups attached to an aromatic ring is 1. The van der Waals surface area contributed by atoms with E-state index in [0.29, 0.717) is 22.4 Å². The van der Waals surface area contributed by atoms with Gasteiger partial charge in [0.2, 0.25) is 5.95 Å². The molecule has 5 rings (SSSR count). The van der Waals surface area contributed by atoms with Crippen molar-refractivity contribution in [1.82, 2.24) is 19.4 Å². The van der Waals surface area contributed by atoms with Crippen LogP contribution in [0.1, 0.15) is 5.56 Å². The molecule has 33 heavy (non-hydrogen) atoms. The highest BCUT2D eigenvalue weighted by Gasteiger charge is 2.16. The summed E-state index contributed by atoms with van der Waals surface area (Å²) in [7, 11) is 2.16. The van der Waals surface area contributed by atoms with E-state index in [0.717, 1.165) is 48.5 Å². The molecule has 0 spiro atoms. The number of hydrogen-bond acceptors (Lipinski definition) is 6. The third kappa shape index (κ3) is 4.44. The molecule has 0 amide bonds. The van der Waals surface area contributed by atoms with Crippen LogP contribution in [-0.2, 0) is 6.54 Å². The van der Waals surface area contributed by atoms with Gasteiger partial charge >= 0.3 is 0 Å². The molecule has 2 aromatic carbocycles. The van der Waals surface area contributed by atoms with Gasteiger partial charge in [0.25, 0.3) is 0 Å². The van der Waals surface area contributed by atoms with Crippen molar-refractivity contribution in [2.75, 3.05) is 49.2 Å². The molecule has 3 N–H and O–H groups in total. The van der Waals surface area contributed by atoms with Gasteiger partial charge in [-0.2, -0.15) is 4.98 Å². The van der Waals surface area contributed by atoms with E-state index in [4.69, 9.17) is 28.9 Å². The predicted octanol–water partition coefficient (Wildman–Crippen LogP) is 4.67. The van der Waals surface area contributed by atoms with Crippen LogP contribution >= 0.6 is 23.2 Å². The Morgan fingerprint density at radius 2 is 1.58 bits per heavy atom. The first-order valence-electron chi connectivity index (χ1n) is 10.8. The van der Waals surface area contributed by atoms with Crippen LogP contribution in [0.25, 0.3) is 16.7 Å².